The van der Waals surface area contributed by atoms with Crippen molar-refractivity contribution in [1.29, 1.82) is 5.26 Å². The maximum atomic E-state index is 13.1. The van der Waals surface area contributed by atoms with Crippen molar-refractivity contribution in [3.8, 4) is 17.7 Å². The van der Waals surface area contributed by atoms with E-state index in [9.17, 15) is 4.39 Å². The summed E-state index contributed by atoms with van der Waals surface area (Å²) < 4.78 is 22.1. The number of rotatable bonds is 5. The molecule has 4 aromatic rings. The van der Waals surface area contributed by atoms with Gasteiger partial charge in [-0.2, -0.15) is 5.26 Å². The fourth-order valence-electron chi connectivity index (χ4n) is 3.09. The molecular formula is C22H15BrFN3O. The third-order valence-electron chi connectivity index (χ3n) is 4.45. The van der Waals surface area contributed by atoms with E-state index in [-0.39, 0.29) is 5.82 Å². The summed E-state index contributed by atoms with van der Waals surface area (Å²) in [6.07, 6.45) is 4.35. The summed E-state index contributed by atoms with van der Waals surface area (Å²) in [7, 11) is 0. The minimum absolute atomic E-state index is 0.228. The largest absolute Gasteiger partial charge is 0.438 e. The van der Waals surface area contributed by atoms with Crippen molar-refractivity contribution in [2.75, 3.05) is 0 Å². The average Bonchev–Trinajstić information content (AvgIpc) is 3.04. The first-order valence-electron chi connectivity index (χ1n) is 8.70. The highest BCUT2D eigenvalue weighted by Gasteiger charge is 2.13. The van der Waals surface area contributed by atoms with Crippen molar-refractivity contribution < 1.29 is 9.13 Å². The summed E-state index contributed by atoms with van der Waals surface area (Å²) in [5, 5.41) is 9.99. The van der Waals surface area contributed by atoms with E-state index in [0.29, 0.717) is 17.2 Å². The van der Waals surface area contributed by atoms with E-state index in [0.717, 1.165) is 33.9 Å². The van der Waals surface area contributed by atoms with Gasteiger partial charge < -0.3 is 9.30 Å². The Bertz CT molecular complexity index is 1180. The molecule has 0 amide bonds. The molecule has 0 saturated heterocycles. The van der Waals surface area contributed by atoms with Crippen molar-refractivity contribution >= 4 is 26.8 Å². The van der Waals surface area contributed by atoms with Crippen LogP contribution in [0.5, 0.6) is 11.6 Å². The molecule has 0 atom stereocenters. The predicted molar refractivity (Wildman–Crippen MR) is 109 cm³/mol. The standard InChI is InChI=1S/C22H15BrFN3O/c23-18-14-27(11-9-15-4-6-17(24)7-5-15)19-2-1-3-20(22(18)19)28-21-12-16(13-25)8-10-26-21/h1-8,10,12,14H,9,11H2. The van der Waals surface area contributed by atoms with Crippen molar-refractivity contribution in [1.82, 2.24) is 9.55 Å². The maximum Gasteiger partial charge on any atom is 0.220 e. The molecule has 0 fully saturated rings. The second-order valence-electron chi connectivity index (χ2n) is 6.29. The van der Waals surface area contributed by atoms with Crippen LogP contribution in [0.15, 0.2) is 71.5 Å². The third kappa shape index (κ3) is 3.75. The van der Waals surface area contributed by atoms with Gasteiger partial charge in [0, 0.05) is 29.5 Å². The molecule has 2 aromatic carbocycles. The lowest BCUT2D eigenvalue weighted by Crippen LogP contribution is -2.00. The Morgan fingerprint density at radius 2 is 1.96 bits per heavy atom. The number of hydrogen-bond acceptors (Lipinski definition) is 3. The number of hydrogen-bond donors (Lipinski definition) is 0. The van der Waals surface area contributed by atoms with Crippen molar-refractivity contribution in [2.24, 2.45) is 0 Å². The van der Waals surface area contributed by atoms with E-state index in [1.807, 2.05) is 24.4 Å². The van der Waals surface area contributed by atoms with Crippen LogP contribution < -0.4 is 4.74 Å². The van der Waals surface area contributed by atoms with Gasteiger partial charge in [0.25, 0.3) is 0 Å². The van der Waals surface area contributed by atoms with Gasteiger partial charge in [0.05, 0.1) is 22.5 Å². The summed E-state index contributed by atoms with van der Waals surface area (Å²) in [6.45, 7) is 0.749. The first-order chi connectivity index (χ1) is 13.6. The molecule has 0 unspecified atom stereocenters. The molecule has 4 rings (SSSR count). The van der Waals surface area contributed by atoms with Crippen LogP contribution in [0.4, 0.5) is 4.39 Å². The number of aryl methyl sites for hydroxylation is 2. The van der Waals surface area contributed by atoms with Gasteiger partial charge in [0.1, 0.15) is 11.6 Å². The highest BCUT2D eigenvalue weighted by Crippen LogP contribution is 2.36. The lowest BCUT2D eigenvalue weighted by Gasteiger charge is -2.09. The molecule has 2 heterocycles. The molecular weight excluding hydrogens is 421 g/mol. The molecule has 2 aromatic heterocycles. The van der Waals surface area contributed by atoms with Gasteiger partial charge in [-0.05, 0) is 58.2 Å². The second kappa shape index (κ2) is 7.83. The number of nitrogens with zero attached hydrogens (tertiary/aromatic N) is 3. The van der Waals surface area contributed by atoms with Gasteiger partial charge >= 0.3 is 0 Å². The fourth-order valence-corrected chi connectivity index (χ4v) is 3.73. The minimum Gasteiger partial charge on any atom is -0.438 e. The number of benzene rings is 2. The zero-order valence-electron chi connectivity index (χ0n) is 14.8. The molecule has 0 aliphatic carbocycles. The van der Waals surface area contributed by atoms with Crippen LogP contribution in [-0.4, -0.2) is 9.55 Å². The van der Waals surface area contributed by atoms with E-state index in [1.165, 1.54) is 12.1 Å². The van der Waals surface area contributed by atoms with E-state index >= 15 is 0 Å². The number of nitriles is 1. The average molecular weight is 436 g/mol. The van der Waals surface area contributed by atoms with Crippen molar-refractivity contribution in [3.63, 3.8) is 0 Å². The van der Waals surface area contributed by atoms with E-state index in [1.54, 1.807) is 30.5 Å². The SMILES string of the molecule is N#Cc1ccnc(Oc2cccc3c2c(Br)cn3CCc2ccc(F)cc2)c1. The van der Waals surface area contributed by atoms with E-state index < -0.39 is 0 Å². The molecule has 0 spiro atoms. The Labute approximate surface area is 170 Å². The number of halogens is 2. The Hall–Kier alpha value is -3.17. The predicted octanol–water partition coefficient (Wildman–Crippen LogP) is 5.84. The summed E-state index contributed by atoms with van der Waals surface area (Å²) in [4.78, 5) is 4.18. The molecule has 0 aliphatic rings. The van der Waals surface area contributed by atoms with Crippen LogP contribution in [0.25, 0.3) is 10.9 Å². The molecule has 28 heavy (non-hydrogen) atoms. The first kappa shape index (κ1) is 18.2. The summed E-state index contributed by atoms with van der Waals surface area (Å²) in [6, 6.07) is 17.7. The highest BCUT2D eigenvalue weighted by molar-refractivity contribution is 9.10. The smallest absolute Gasteiger partial charge is 0.220 e. The van der Waals surface area contributed by atoms with Crippen molar-refractivity contribution in [2.45, 2.75) is 13.0 Å². The molecule has 0 aliphatic heterocycles. The van der Waals surface area contributed by atoms with E-state index in [2.05, 4.69) is 31.6 Å². The molecule has 0 bridgehead atoms. The Kier molecular flexibility index (Phi) is 5.09. The summed E-state index contributed by atoms with van der Waals surface area (Å²) in [5.41, 5.74) is 2.58. The molecule has 6 heteroatoms. The zero-order chi connectivity index (χ0) is 19.5. The lowest BCUT2D eigenvalue weighted by molar-refractivity contribution is 0.468. The van der Waals surface area contributed by atoms with E-state index in [4.69, 9.17) is 10.00 Å². The minimum atomic E-state index is -0.228. The van der Waals surface area contributed by atoms with Crippen LogP contribution in [0.2, 0.25) is 0 Å². The van der Waals surface area contributed by atoms with Crippen LogP contribution in [0, 0.1) is 17.1 Å². The maximum absolute atomic E-state index is 13.1. The zero-order valence-corrected chi connectivity index (χ0v) is 16.4. The highest BCUT2D eigenvalue weighted by atomic mass is 79.9. The quantitative estimate of drug-likeness (QED) is 0.395. The summed E-state index contributed by atoms with van der Waals surface area (Å²) in [5.74, 6) is 0.804. The number of pyridine rings is 1. The third-order valence-corrected chi connectivity index (χ3v) is 5.06. The number of fused-ring (bicyclic) bond motifs is 1. The monoisotopic (exact) mass is 435 g/mol. The van der Waals surface area contributed by atoms with Gasteiger partial charge in [-0.25, -0.2) is 9.37 Å². The number of ether oxygens (including phenoxy) is 1. The Morgan fingerprint density at radius 3 is 2.75 bits per heavy atom. The topological polar surface area (TPSA) is 50.8 Å². The van der Waals surface area contributed by atoms with Crippen LogP contribution in [0.1, 0.15) is 11.1 Å². The lowest BCUT2D eigenvalue weighted by atomic mass is 10.1. The molecule has 0 radical (unpaired) electrons. The van der Waals surface area contributed by atoms with Gasteiger partial charge in [0.2, 0.25) is 5.88 Å². The van der Waals surface area contributed by atoms with Gasteiger partial charge in [-0.3, -0.25) is 0 Å². The van der Waals surface area contributed by atoms with Gasteiger partial charge in [0.15, 0.2) is 0 Å². The van der Waals surface area contributed by atoms with Gasteiger partial charge in [-0.1, -0.05) is 18.2 Å². The Balaban J connectivity index is 1.63. The van der Waals surface area contributed by atoms with Crippen molar-refractivity contribution in [3.05, 3.63) is 88.4 Å². The second-order valence-corrected chi connectivity index (χ2v) is 7.15. The summed E-state index contributed by atoms with van der Waals surface area (Å²) >= 11 is 3.62. The van der Waals surface area contributed by atoms with Crippen LogP contribution in [-0.2, 0) is 13.0 Å². The normalized spacial score (nSPS) is 10.8. The first-order valence-corrected chi connectivity index (χ1v) is 9.49. The van der Waals surface area contributed by atoms with Crippen LogP contribution >= 0.6 is 15.9 Å². The molecule has 138 valence electrons. The fraction of sp³-hybridized carbons (Fsp3) is 0.0909. The molecule has 0 N–H and O–H groups in total. The van der Waals surface area contributed by atoms with Gasteiger partial charge in [-0.15, -0.1) is 0 Å². The molecule has 4 nitrogen and oxygen atoms in total. The molecule has 0 saturated carbocycles. The Morgan fingerprint density at radius 1 is 1.14 bits per heavy atom. The van der Waals surface area contributed by atoms with Crippen LogP contribution in [0.3, 0.4) is 0 Å². The number of aromatic nitrogens is 2.